The maximum Gasteiger partial charge on any atom is 0.315 e. The highest BCUT2D eigenvalue weighted by atomic mass is 16.5. The topological polar surface area (TPSA) is 135 Å². The standard InChI is InChI=1S/C37H47N5O5/c1-24(2)44-35-19-17-32(22-40-35)46-30-13-9-28(10-14-30)8-7-27(6)42(37(39)43)34(21-26(5)38)29-11-15-31(16-12-29)47-33-18-20-36(41-23-33)45-25(3)4/h9-20,22-27,34H,7-8,21,38H2,1-6H3,(H2,39,43). The molecule has 0 aliphatic carbocycles. The number of aryl methyl sites for hydroxylation is 1. The molecule has 0 saturated heterocycles. The van der Waals surface area contributed by atoms with E-state index in [1.165, 1.54) is 0 Å². The second-order valence-electron chi connectivity index (χ2n) is 12.3. The summed E-state index contributed by atoms with van der Waals surface area (Å²) >= 11 is 0. The number of aromatic nitrogens is 2. The monoisotopic (exact) mass is 641 g/mol. The van der Waals surface area contributed by atoms with E-state index in [-0.39, 0.29) is 30.3 Å². The number of primary amides is 1. The fraction of sp³-hybridized carbons (Fsp3) is 0.378. The molecule has 0 saturated carbocycles. The molecule has 2 aromatic heterocycles. The Kier molecular flexibility index (Phi) is 12.4. The number of nitrogens with zero attached hydrogens (tertiary/aromatic N) is 3. The smallest absolute Gasteiger partial charge is 0.315 e. The third kappa shape index (κ3) is 10.9. The van der Waals surface area contributed by atoms with Crippen LogP contribution in [0.3, 0.4) is 0 Å². The number of carbonyl (C=O) groups is 1. The highest BCUT2D eigenvalue weighted by Crippen LogP contribution is 2.32. The van der Waals surface area contributed by atoms with Gasteiger partial charge >= 0.3 is 6.03 Å². The van der Waals surface area contributed by atoms with E-state index in [0.29, 0.717) is 47.6 Å². The Hall–Kier alpha value is -4.83. The molecule has 3 unspecified atom stereocenters. The van der Waals surface area contributed by atoms with Crippen LogP contribution in [0, 0.1) is 0 Å². The third-order valence-electron chi connectivity index (χ3n) is 7.30. The first-order valence-corrected chi connectivity index (χ1v) is 16.1. The molecule has 2 aromatic carbocycles. The number of ether oxygens (including phenoxy) is 4. The highest BCUT2D eigenvalue weighted by molar-refractivity contribution is 5.73. The van der Waals surface area contributed by atoms with Gasteiger partial charge in [-0.05, 0) is 108 Å². The lowest BCUT2D eigenvalue weighted by molar-refractivity contribution is 0.145. The average Bonchev–Trinajstić information content (AvgIpc) is 3.02. The van der Waals surface area contributed by atoms with Gasteiger partial charge in [-0.2, -0.15) is 0 Å². The van der Waals surface area contributed by atoms with Gasteiger partial charge in [0.1, 0.15) is 23.0 Å². The van der Waals surface area contributed by atoms with Crippen molar-refractivity contribution >= 4 is 6.03 Å². The molecule has 0 radical (unpaired) electrons. The van der Waals surface area contributed by atoms with Crippen molar-refractivity contribution in [3.05, 3.63) is 96.3 Å². The summed E-state index contributed by atoms with van der Waals surface area (Å²) in [5, 5.41) is 0. The lowest BCUT2D eigenvalue weighted by atomic mass is 9.95. The van der Waals surface area contributed by atoms with Crippen molar-refractivity contribution < 1.29 is 23.7 Å². The first-order chi connectivity index (χ1) is 22.5. The summed E-state index contributed by atoms with van der Waals surface area (Å²) in [5.41, 5.74) is 14.3. The van der Waals surface area contributed by atoms with Crippen molar-refractivity contribution in [1.29, 1.82) is 0 Å². The van der Waals surface area contributed by atoms with Gasteiger partial charge in [-0.25, -0.2) is 14.8 Å². The number of hydrogen-bond donors (Lipinski definition) is 2. The minimum atomic E-state index is -0.486. The van der Waals surface area contributed by atoms with Crippen LogP contribution in [0.4, 0.5) is 4.79 Å². The first kappa shape index (κ1) is 35.0. The fourth-order valence-electron chi connectivity index (χ4n) is 5.19. The van der Waals surface area contributed by atoms with Crippen molar-refractivity contribution in [3.8, 4) is 34.8 Å². The zero-order valence-corrected chi connectivity index (χ0v) is 28.1. The van der Waals surface area contributed by atoms with Gasteiger partial charge in [0, 0.05) is 24.2 Å². The number of hydrogen-bond acceptors (Lipinski definition) is 8. The Morgan fingerprint density at radius 3 is 1.57 bits per heavy atom. The predicted molar refractivity (Wildman–Crippen MR) is 183 cm³/mol. The lowest BCUT2D eigenvalue weighted by Gasteiger charge is -2.37. The van der Waals surface area contributed by atoms with Crippen LogP contribution in [-0.4, -0.2) is 45.2 Å². The number of pyridine rings is 2. The number of carbonyl (C=O) groups excluding carboxylic acids is 1. The zero-order chi connectivity index (χ0) is 33.9. The second-order valence-corrected chi connectivity index (χ2v) is 12.3. The number of amides is 2. The van der Waals surface area contributed by atoms with E-state index in [2.05, 4.69) is 9.97 Å². The highest BCUT2D eigenvalue weighted by Gasteiger charge is 2.29. The predicted octanol–water partition coefficient (Wildman–Crippen LogP) is 7.82. The van der Waals surface area contributed by atoms with Crippen LogP contribution in [0.25, 0.3) is 0 Å². The number of urea groups is 1. The Morgan fingerprint density at radius 2 is 1.17 bits per heavy atom. The van der Waals surface area contributed by atoms with E-state index in [4.69, 9.17) is 30.4 Å². The van der Waals surface area contributed by atoms with Crippen LogP contribution < -0.4 is 30.4 Å². The van der Waals surface area contributed by atoms with Crippen LogP contribution in [-0.2, 0) is 6.42 Å². The quantitative estimate of drug-likeness (QED) is 0.126. The molecule has 10 nitrogen and oxygen atoms in total. The van der Waals surface area contributed by atoms with Crippen molar-refractivity contribution in [2.45, 2.75) is 91.1 Å². The summed E-state index contributed by atoms with van der Waals surface area (Å²) in [5.74, 6) is 3.67. The van der Waals surface area contributed by atoms with Gasteiger partial charge in [0.2, 0.25) is 11.8 Å². The molecule has 4 N–H and O–H groups in total. The van der Waals surface area contributed by atoms with Crippen molar-refractivity contribution in [2.75, 3.05) is 0 Å². The summed E-state index contributed by atoms with van der Waals surface area (Å²) < 4.78 is 23.1. The summed E-state index contributed by atoms with van der Waals surface area (Å²) in [4.78, 5) is 23.2. The number of benzene rings is 2. The molecule has 0 spiro atoms. The van der Waals surface area contributed by atoms with E-state index >= 15 is 0 Å². The molecular formula is C37H47N5O5. The molecule has 3 atom stereocenters. The summed E-state index contributed by atoms with van der Waals surface area (Å²) in [6, 6.07) is 21.7. The van der Waals surface area contributed by atoms with Crippen molar-refractivity contribution in [2.24, 2.45) is 11.5 Å². The van der Waals surface area contributed by atoms with Crippen LogP contribution in [0.15, 0.2) is 85.2 Å². The lowest BCUT2D eigenvalue weighted by Crippen LogP contribution is -2.46. The minimum Gasteiger partial charge on any atom is -0.475 e. The van der Waals surface area contributed by atoms with Crippen molar-refractivity contribution in [3.63, 3.8) is 0 Å². The molecule has 4 rings (SSSR count). The van der Waals surface area contributed by atoms with Crippen molar-refractivity contribution in [1.82, 2.24) is 14.9 Å². The molecule has 10 heteroatoms. The van der Waals surface area contributed by atoms with Gasteiger partial charge in [0.05, 0.1) is 30.6 Å². The van der Waals surface area contributed by atoms with Gasteiger partial charge < -0.3 is 35.3 Å². The van der Waals surface area contributed by atoms with E-state index in [9.17, 15) is 4.79 Å². The van der Waals surface area contributed by atoms with E-state index < -0.39 is 6.03 Å². The Morgan fingerprint density at radius 1 is 0.702 bits per heavy atom. The number of nitrogens with two attached hydrogens (primary N) is 2. The maximum absolute atomic E-state index is 12.9. The van der Waals surface area contributed by atoms with E-state index in [0.717, 1.165) is 17.5 Å². The summed E-state index contributed by atoms with van der Waals surface area (Å²) in [6.45, 7) is 11.8. The fourth-order valence-corrected chi connectivity index (χ4v) is 5.19. The van der Waals surface area contributed by atoms with E-state index in [1.807, 2.05) is 102 Å². The Labute approximate surface area is 278 Å². The minimum absolute atomic E-state index is 0.0406. The Balaban J connectivity index is 1.38. The Bertz CT molecular complexity index is 1530. The zero-order valence-electron chi connectivity index (χ0n) is 28.1. The van der Waals surface area contributed by atoms with Gasteiger partial charge in [-0.3, -0.25) is 0 Å². The van der Waals surface area contributed by atoms with Gasteiger partial charge in [-0.15, -0.1) is 0 Å². The molecule has 250 valence electrons. The molecule has 47 heavy (non-hydrogen) atoms. The van der Waals surface area contributed by atoms with Gasteiger partial charge in [0.15, 0.2) is 0 Å². The summed E-state index contributed by atoms with van der Waals surface area (Å²) in [6.07, 6.45) is 5.39. The second kappa shape index (κ2) is 16.6. The molecule has 0 fully saturated rings. The SMILES string of the molecule is CC(N)CC(c1ccc(Oc2ccc(OC(C)C)nc2)cc1)N(C(N)=O)C(C)CCc1ccc(Oc2ccc(OC(C)C)nc2)cc1. The average molecular weight is 642 g/mol. The molecule has 4 aromatic rings. The van der Waals surface area contributed by atoms with Crippen LogP contribution in [0.2, 0.25) is 0 Å². The molecule has 0 aliphatic heterocycles. The first-order valence-electron chi connectivity index (χ1n) is 16.1. The van der Waals surface area contributed by atoms with Gasteiger partial charge in [-0.1, -0.05) is 24.3 Å². The number of rotatable bonds is 16. The molecule has 0 aliphatic rings. The summed E-state index contributed by atoms with van der Waals surface area (Å²) in [7, 11) is 0. The van der Waals surface area contributed by atoms with Crippen LogP contribution in [0.1, 0.15) is 71.6 Å². The third-order valence-corrected chi connectivity index (χ3v) is 7.30. The molecular weight excluding hydrogens is 594 g/mol. The van der Waals surface area contributed by atoms with Crippen LogP contribution in [0.5, 0.6) is 34.8 Å². The maximum atomic E-state index is 12.9. The molecule has 2 amide bonds. The van der Waals surface area contributed by atoms with Crippen LogP contribution >= 0.6 is 0 Å². The normalized spacial score (nSPS) is 13.1. The van der Waals surface area contributed by atoms with E-state index in [1.54, 1.807) is 29.4 Å². The largest absolute Gasteiger partial charge is 0.475 e. The molecule has 0 bridgehead atoms. The van der Waals surface area contributed by atoms with Gasteiger partial charge in [0.25, 0.3) is 0 Å². The molecule has 2 heterocycles.